The van der Waals surface area contributed by atoms with Gasteiger partial charge >= 0.3 is 0 Å². The Morgan fingerprint density at radius 2 is 1.83 bits per heavy atom. The molecule has 3 nitrogen and oxygen atoms in total. The summed E-state index contributed by atoms with van der Waals surface area (Å²) in [6.07, 6.45) is 9.66. The van der Waals surface area contributed by atoms with Crippen molar-refractivity contribution in [3.05, 3.63) is 40.1 Å². The lowest BCUT2D eigenvalue weighted by atomic mass is 10.1. The van der Waals surface area contributed by atoms with Crippen molar-refractivity contribution in [2.24, 2.45) is 0 Å². The van der Waals surface area contributed by atoms with E-state index in [0.717, 1.165) is 16.5 Å². The molecule has 0 N–H and O–H groups in total. The van der Waals surface area contributed by atoms with Crippen LogP contribution in [0.15, 0.2) is 29.7 Å². The molecule has 0 saturated carbocycles. The Balaban J connectivity index is 1.71. The molecule has 1 heterocycles. The smallest absolute Gasteiger partial charge is 0.208 e. The second kappa shape index (κ2) is 10.2. The van der Waals surface area contributed by atoms with Gasteiger partial charge < -0.3 is 0 Å². The summed E-state index contributed by atoms with van der Waals surface area (Å²) in [5, 5.41) is 6.49. The fraction of sp³-hybridized carbons (Fsp3) is 0.529. The van der Waals surface area contributed by atoms with Gasteiger partial charge in [0.2, 0.25) is 5.16 Å². The van der Waals surface area contributed by atoms with Crippen LogP contribution < -0.4 is 0 Å². The zero-order chi connectivity index (χ0) is 16.5. The van der Waals surface area contributed by atoms with Crippen LogP contribution in [0.4, 0.5) is 0 Å². The van der Waals surface area contributed by atoms with Crippen molar-refractivity contribution in [3.63, 3.8) is 0 Å². The minimum Gasteiger partial charge on any atom is -0.247 e. The Bertz CT molecular complexity index is 601. The molecule has 1 aromatic carbocycles. The summed E-state index contributed by atoms with van der Waals surface area (Å²) in [6.45, 7) is 2.90. The third-order valence-corrected chi connectivity index (χ3v) is 5.25. The maximum atomic E-state index is 6.03. The summed E-state index contributed by atoms with van der Waals surface area (Å²) in [5.41, 5.74) is 1.07. The highest BCUT2D eigenvalue weighted by atomic mass is 35.5. The highest BCUT2D eigenvalue weighted by Crippen LogP contribution is 2.23. The highest BCUT2D eigenvalue weighted by molar-refractivity contribution is 7.99. The molecule has 0 amide bonds. The van der Waals surface area contributed by atoms with Gasteiger partial charge in [0, 0.05) is 5.75 Å². The average Bonchev–Trinajstić information content (AvgIpc) is 2.97. The molecule has 0 aliphatic carbocycles. The molecular formula is C17H23Cl2N3S. The molecule has 1 aromatic heterocycles. The molecule has 2 rings (SSSR count). The summed E-state index contributed by atoms with van der Waals surface area (Å²) < 4.78 is 1.84. The number of halogens is 2. The first-order valence-corrected chi connectivity index (χ1v) is 9.89. The van der Waals surface area contributed by atoms with Crippen LogP contribution in [0.25, 0.3) is 0 Å². The van der Waals surface area contributed by atoms with Crippen molar-refractivity contribution in [3.8, 4) is 0 Å². The maximum Gasteiger partial charge on any atom is 0.208 e. The molecule has 23 heavy (non-hydrogen) atoms. The Morgan fingerprint density at radius 1 is 1.04 bits per heavy atom. The van der Waals surface area contributed by atoms with Gasteiger partial charge in [-0.25, -0.2) is 9.67 Å². The van der Waals surface area contributed by atoms with Crippen molar-refractivity contribution in [2.45, 2.75) is 57.1 Å². The van der Waals surface area contributed by atoms with Crippen LogP contribution in [0.5, 0.6) is 0 Å². The van der Waals surface area contributed by atoms with Crippen LogP contribution >= 0.6 is 35.0 Å². The summed E-state index contributed by atoms with van der Waals surface area (Å²) >= 11 is 13.7. The molecule has 0 atom stereocenters. The third-order valence-electron chi connectivity index (χ3n) is 3.57. The largest absolute Gasteiger partial charge is 0.247 e. The lowest BCUT2D eigenvalue weighted by molar-refractivity contribution is 0.626. The monoisotopic (exact) mass is 371 g/mol. The van der Waals surface area contributed by atoms with Crippen LogP contribution in [0.3, 0.4) is 0 Å². The van der Waals surface area contributed by atoms with Gasteiger partial charge in [0.05, 0.1) is 16.6 Å². The van der Waals surface area contributed by atoms with Gasteiger partial charge in [0.25, 0.3) is 0 Å². The number of hydrogen-bond acceptors (Lipinski definition) is 3. The third kappa shape index (κ3) is 6.74. The molecule has 0 aliphatic heterocycles. The topological polar surface area (TPSA) is 30.7 Å². The van der Waals surface area contributed by atoms with Crippen LogP contribution in [0, 0.1) is 0 Å². The molecule has 0 spiro atoms. The van der Waals surface area contributed by atoms with Gasteiger partial charge in [-0.15, -0.1) is 5.10 Å². The van der Waals surface area contributed by atoms with Crippen molar-refractivity contribution in [1.29, 1.82) is 0 Å². The average molecular weight is 372 g/mol. The quantitative estimate of drug-likeness (QED) is 0.374. The van der Waals surface area contributed by atoms with Crippen molar-refractivity contribution in [1.82, 2.24) is 14.8 Å². The predicted octanol–water partition coefficient (Wildman–Crippen LogP) is 6.09. The number of thioether (sulfide) groups is 1. The number of hydrogen-bond donors (Lipinski definition) is 0. The fourth-order valence-corrected chi connectivity index (χ4v) is 3.43. The van der Waals surface area contributed by atoms with Crippen LogP contribution in [-0.2, 0) is 6.54 Å². The van der Waals surface area contributed by atoms with E-state index in [9.17, 15) is 0 Å². The second-order valence-corrected chi connectivity index (χ2v) is 7.47. The van der Waals surface area contributed by atoms with E-state index in [1.54, 1.807) is 18.1 Å². The number of unbranched alkanes of at least 4 members (excludes halogenated alkanes) is 5. The van der Waals surface area contributed by atoms with E-state index in [2.05, 4.69) is 17.0 Å². The fourth-order valence-electron chi connectivity index (χ4n) is 2.29. The normalized spacial score (nSPS) is 11.1. The second-order valence-electron chi connectivity index (χ2n) is 5.59. The van der Waals surface area contributed by atoms with E-state index in [0.29, 0.717) is 16.6 Å². The molecule has 0 radical (unpaired) electrons. The Morgan fingerprint density at radius 3 is 2.61 bits per heavy atom. The first kappa shape index (κ1) is 18.6. The zero-order valence-corrected chi connectivity index (χ0v) is 15.8. The molecule has 2 aromatic rings. The van der Waals surface area contributed by atoms with Crippen LogP contribution in [0.2, 0.25) is 10.0 Å². The Hall–Kier alpha value is -0.710. The van der Waals surface area contributed by atoms with E-state index in [4.69, 9.17) is 23.2 Å². The molecule has 6 heteroatoms. The van der Waals surface area contributed by atoms with E-state index in [1.807, 2.05) is 22.9 Å². The lowest BCUT2D eigenvalue weighted by Crippen LogP contribution is -2.00. The molecule has 0 aliphatic rings. The molecular weight excluding hydrogens is 349 g/mol. The SMILES string of the molecule is CCCCCCCCSc1ncn(Cc2ccc(Cl)c(Cl)c2)n1. The predicted molar refractivity (Wildman–Crippen MR) is 99.7 cm³/mol. The van der Waals surface area contributed by atoms with E-state index >= 15 is 0 Å². The van der Waals surface area contributed by atoms with E-state index in [-0.39, 0.29) is 0 Å². The van der Waals surface area contributed by atoms with Gasteiger partial charge in [-0.1, -0.05) is 80.1 Å². The summed E-state index contributed by atoms with van der Waals surface area (Å²) in [4.78, 5) is 4.36. The first-order chi connectivity index (χ1) is 11.2. The highest BCUT2D eigenvalue weighted by Gasteiger charge is 2.04. The minimum absolute atomic E-state index is 0.571. The van der Waals surface area contributed by atoms with E-state index in [1.165, 1.54) is 38.5 Å². The van der Waals surface area contributed by atoms with Crippen LogP contribution in [0.1, 0.15) is 51.0 Å². The van der Waals surface area contributed by atoms with Gasteiger partial charge in [0.1, 0.15) is 6.33 Å². The van der Waals surface area contributed by atoms with Gasteiger partial charge in [-0.05, 0) is 24.1 Å². The number of benzene rings is 1. The number of rotatable bonds is 10. The van der Waals surface area contributed by atoms with Crippen LogP contribution in [-0.4, -0.2) is 20.5 Å². The van der Waals surface area contributed by atoms with Crippen molar-refractivity contribution < 1.29 is 0 Å². The minimum atomic E-state index is 0.571. The summed E-state index contributed by atoms with van der Waals surface area (Å²) in [7, 11) is 0. The molecule has 0 unspecified atom stereocenters. The van der Waals surface area contributed by atoms with Gasteiger partial charge in [0.15, 0.2) is 0 Å². The zero-order valence-electron chi connectivity index (χ0n) is 13.5. The molecule has 0 saturated heterocycles. The standard InChI is InChI=1S/C17H23Cl2N3S/c1-2-3-4-5-6-7-10-23-17-20-13-22(21-17)12-14-8-9-15(18)16(19)11-14/h8-9,11,13H,2-7,10,12H2,1H3. The van der Waals surface area contributed by atoms with Crippen molar-refractivity contribution >= 4 is 35.0 Å². The number of nitrogens with zero attached hydrogens (tertiary/aromatic N) is 3. The van der Waals surface area contributed by atoms with Crippen molar-refractivity contribution in [2.75, 3.05) is 5.75 Å². The number of aromatic nitrogens is 3. The molecule has 0 fully saturated rings. The summed E-state index contributed by atoms with van der Waals surface area (Å²) in [6, 6.07) is 5.64. The lowest BCUT2D eigenvalue weighted by Gasteiger charge is -2.03. The Labute approximate surface area is 152 Å². The van der Waals surface area contributed by atoms with Gasteiger partial charge in [-0.2, -0.15) is 0 Å². The van der Waals surface area contributed by atoms with Gasteiger partial charge in [-0.3, -0.25) is 0 Å². The maximum absolute atomic E-state index is 6.03. The summed E-state index contributed by atoms with van der Waals surface area (Å²) in [5.74, 6) is 1.09. The Kier molecular flexibility index (Phi) is 8.27. The van der Waals surface area contributed by atoms with E-state index < -0.39 is 0 Å². The molecule has 0 bridgehead atoms. The first-order valence-electron chi connectivity index (χ1n) is 8.15. The molecule has 126 valence electrons.